The third-order valence-electron chi connectivity index (χ3n) is 2.15. The molecule has 1 rings (SSSR count). The van der Waals surface area contributed by atoms with Gasteiger partial charge in [-0.25, -0.2) is 0 Å². The van der Waals surface area contributed by atoms with Crippen molar-refractivity contribution in [3.05, 3.63) is 22.7 Å². The Morgan fingerprint density at radius 3 is 2.20 bits per heavy atom. The van der Waals surface area contributed by atoms with Gasteiger partial charge in [0.1, 0.15) is 11.5 Å². The minimum Gasteiger partial charge on any atom is -0.497 e. The molecule has 0 saturated heterocycles. The Labute approximate surface area is 95.1 Å². The van der Waals surface area contributed by atoms with Crippen LogP contribution in [-0.4, -0.2) is 14.2 Å². The van der Waals surface area contributed by atoms with Gasteiger partial charge in [0.05, 0.1) is 19.2 Å². The summed E-state index contributed by atoms with van der Waals surface area (Å²) in [5.74, 6) is 1.28. The SMILES string of the molecule is COc1cc(Cl)c(OC)c(C(C)(C)N)c1. The fourth-order valence-corrected chi connectivity index (χ4v) is 1.66. The molecule has 0 amide bonds. The molecular formula is C11H16ClNO2. The third kappa shape index (κ3) is 2.55. The minimum absolute atomic E-state index is 0.505. The Hall–Kier alpha value is -0.930. The first-order valence-corrected chi connectivity index (χ1v) is 4.99. The molecule has 3 nitrogen and oxygen atoms in total. The van der Waals surface area contributed by atoms with Gasteiger partial charge in [-0.3, -0.25) is 0 Å². The van der Waals surface area contributed by atoms with Crippen LogP contribution >= 0.6 is 11.6 Å². The Kier molecular flexibility index (Phi) is 3.47. The van der Waals surface area contributed by atoms with E-state index >= 15 is 0 Å². The van der Waals surface area contributed by atoms with Crippen LogP contribution in [0.5, 0.6) is 11.5 Å². The number of halogens is 1. The second kappa shape index (κ2) is 4.29. The maximum Gasteiger partial charge on any atom is 0.142 e. The van der Waals surface area contributed by atoms with Gasteiger partial charge in [0, 0.05) is 17.2 Å². The van der Waals surface area contributed by atoms with Crippen molar-refractivity contribution in [1.82, 2.24) is 0 Å². The second-order valence-corrected chi connectivity index (χ2v) is 4.32. The lowest BCUT2D eigenvalue weighted by atomic mass is 9.94. The van der Waals surface area contributed by atoms with Gasteiger partial charge >= 0.3 is 0 Å². The lowest BCUT2D eigenvalue weighted by Gasteiger charge is -2.23. The van der Waals surface area contributed by atoms with Crippen molar-refractivity contribution >= 4 is 11.6 Å². The smallest absolute Gasteiger partial charge is 0.142 e. The molecule has 0 radical (unpaired) electrons. The van der Waals surface area contributed by atoms with Gasteiger partial charge in [0.2, 0.25) is 0 Å². The van der Waals surface area contributed by atoms with Crippen LogP contribution in [-0.2, 0) is 5.54 Å². The summed E-state index contributed by atoms with van der Waals surface area (Å²) in [6.07, 6.45) is 0. The zero-order chi connectivity index (χ0) is 11.6. The van der Waals surface area contributed by atoms with Crippen LogP contribution in [0.15, 0.2) is 12.1 Å². The summed E-state index contributed by atoms with van der Waals surface area (Å²) in [4.78, 5) is 0. The first-order chi connectivity index (χ1) is 6.90. The summed E-state index contributed by atoms with van der Waals surface area (Å²) in [6, 6.07) is 3.54. The van der Waals surface area contributed by atoms with E-state index in [0.717, 1.165) is 5.56 Å². The van der Waals surface area contributed by atoms with Crippen molar-refractivity contribution in [2.75, 3.05) is 14.2 Å². The Morgan fingerprint density at radius 2 is 1.80 bits per heavy atom. The number of nitrogens with two attached hydrogens (primary N) is 1. The van der Waals surface area contributed by atoms with Crippen molar-refractivity contribution in [1.29, 1.82) is 0 Å². The second-order valence-electron chi connectivity index (χ2n) is 3.91. The zero-order valence-electron chi connectivity index (χ0n) is 9.43. The molecular weight excluding hydrogens is 214 g/mol. The molecule has 84 valence electrons. The quantitative estimate of drug-likeness (QED) is 0.867. The molecule has 0 aliphatic carbocycles. The van der Waals surface area contributed by atoms with Gasteiger partial charge in [0.15, 0.2) is 0 Å². The first kappa shape index (κ1) is 12.1. The summed E-state index contributed by atoms with van der Waals surface area (Å²) in [7, 11) is 3.16. The summed E-state index contributed by atoms with van der Waals surface area (Å²) < 4.78 is 10.4. The average Bonchev–Trinajstić information content (AvgIpc) is 2.15. The number of benzene rings is 1. The fraction of sp³-hybridized carbons (Fsp3) is 0.455. The van der Waals surface area contributed by atoms with Crippen molar-refractivity contribution in [3.8, 4) is 11.5 Å². The molecule has 0 bridgehead atoms. The normalized spacial score (nSPS) is 11.3. The molecule has 0 unspecified atom stereocenters. The molecule has 0 atom stereocenters. The number of hydrogen-bond acceptors (Lipinski definition) is 3. The summed E-state index contributed by atoms with van der Waals surface area (Å²) in [6.45, 7) is 3.78. The van der Waals surface area contributed by atoms with Gasteiger partial charge in [-0.1, -0.05) is 11.6 Å². The lowest BCUT2D eigenvalue weighted by molar-refractivity contribution is 0.385. The Morgan fingerprint density at radius 1 is 1.20 bits per heavy atom. The number of rotatable bonds is 3. The lowest BCUT2D eigenvalue weighted by Crippen LogP contribution is -2.29. The molecule has 0 saturated carbocycles. The summed E-state index contributed by atoms with van der Waals surface area (Å²) >= 11 is 6.06. The molecule has 1 aromatic carbocycles. The average molecular weight is 230 g/mol. The highest BCUT2D eigenvalue weighted by Gasteiger charge is 2.22. The van der Waals surface area contributed by atoms with Gasteiger partial charge < -0.3 is 15.2 Å². The van der Waals surface area contributed by atoms with Gasteiger partial charge in [-0.15, -0.1) is 0 Å². The topological polar surface area (TPSA) is 44.5 Å². The van der Waals surface area contributed by atoms with Crippen LogP contribution in [0.25, 0.3) is 0 Å². The Bertz CT molecular complexity index is 358. The van der Waals surface area contributed by atoms with E-state index in [9.17, 15) is 0 Å². The monoisotopic (exact) mass is 229 g/mol. The molecule has 2 N–H and O–H groups in total. The van der Waals surface area contributed by atoms with E-state index in [-0.39, 0.29) is 0 Å². The van der Waals surface area contributed by atoms with E-state index in [0.29, 0.717) is 16.5 Å². The molecule has 0 aliphatic rings. The van der Waals surface area contributed by atoms with E-state index in [1.54, 1.807) is 20.3 Å². The van der Waals surface area contributed by atoms with E-state index in [1.165, 1.54) is 0 Å². The third-order valence-corrected chi connectivity index (χ3v) is 2.43. The first-order valence-electron chi connectivity index (χ1n) is 4.61. The molecule has 1 aromatic rings. The predicted molar refractivity (Wildman–Crippen MR) is 61.8 cm³/mol. The highest BCUT2D eigenvalue weighted by atomic mass is 35.5. The largest absolute Gasteiger partial charge is 0.497 e. The molecule has 0 aromatic heterocycles. The maximum absolute atomic E-state index is 6.06. The van der Waals surface area contributed by atoms with Crippen LogP contribution < -0.4 is 15.2 Å². The maximum atomic E-state index is 6.06. The molecule has 0 spiro atoms. The van der Waals surface area contributed by atoms with Crippen LogP contribution in [0.2, 0.25) is 5.02 Å². The van der Waals surface area contributed by atoms with Gasteiger partial charge in [-0.05, 0) is 19.9 Å². The van der Waals surface area contributed by atoms with E-state index < -0.39 is 5.54 Å². The number of methoxy groups -OCH3 is 2. The van der Waals surface area contributed by atoms with E-state index in [4.69, 9.17) is 26.8 Å². The van der Waals surface area contributed by atoms with Gasteiger partial charge in [0.25, 0.3) is 0 Å². The van der Waals surface area contributed by atoms with Gasteiger partial charge in [-0.2, -0.15) is 0 Å². The molecule has 0 fully saturated rings. The summed E-state index contributed by atoms with van der Waals surface area (Å²) in [5.41, 5.74) is 6.34. The zero-order valence-corrected chi connectivity index (χ0v) is 10.2. The molecule has 0 heterocycles. The van der Waals surface area contributed by atoms with Crippen LogP contribution in [0.1, 0.15) is 19.4 Å². The number of hydrogen-bond donors (Lipinski definition) is 1. The number of ether oxygens (including phenoxy) is 2. The minimum atomic E-state index is -0.524. The van der Waals surface area contributed by atoms with Crippen molar-refractivity contribution in [3.63, 3.8) is 0 Å². The standard InChI is InChI=1S/C11H16ClNO2/c1-11(2,13)8-5-7(14-3)6-9(12)10(8)15-4/h5-6H,13H2,1-4H3. The predicted octanol–water partition coefficient (Wildman–Crippen LogP) is 2.55. The molecule has 4 heteroatoms. The Balaban J connectivity index is 3.39. The van der Waals surface area contributed by atoms with Crippen molar-refractivity contribution in [2.24, 2.45) is 5.73 Å². The highest BCUT2D eigenvalue weighted by molar-refractivity contribution is 6.32. The highest BCUT2D eigenvalue weighted by Crippen LogP contribution is 2.37. The van der Waals surface area contributed by atoms with E-state index in [2.05, 4.69) is 0 Å². The van der Waals surface area contributed by atoms with Crippen LogP contribution in [0, 0.1) is 0 Å². The van der Waals surface area contributed by atoms with Crippen LogP contribution in [0.4, 0.5) is 0 Å². The van der Waals surface area contributed by atoms with Crippen LogP contribution in [0.3, 0.4) is 0 Å². The van der Waals surface area contributed by atoms with Crippen molar-refractivity contribution in [2.45, 2.75) is 19.4 Å². The summed E-state index contributed by atoms with van der Waals surface area (Å²) in [5, 5.41) is 0.505. The fourth-order valence-electron chi connectivity index (χ4n) is 1.37. The van der Waals surface area contributed by atoms with Crippen molar-refractivity contribution < 1.29 is 9.47 Å². The van der Waals surface area contributed by atoms with E-state index in [1.807, 2.05) is 19.9 Å². The molecule has 0 aliphatic heterocycles. The molecule has 15 heavy (non-hydrogen) atoms.